The van der Waals surface area contributed by atoms with Gasteiger partial charge in [0, 0.05) is 31.9 Å². The highest BCUT2D eigenvalue weighted by molar-refractivity contribution is 5.93. The minimum absolute atomic E-state index is 0.0239. The first-order chi connectivity index (χ1) is 11.6. The maximum Gasteiger partial charge on any atom is 0.257 e. The molecule has 1 atom stereocenters. The van der Waals surface area contributed by atoms with Crippen LogP contribution in [0.2, 0.25) is 0 Å². The molecule has 2 aromatic rings. The Balaban J connectivity index is 1.58. The molecule has 1 aliphatic heterocycles. The van der Waals surface area contributed by atoms with Crippen molar-refractivity contribution in [3.8, 4) is 0 Å². The molecule has 5 nitrogen and oxygen atoms in total. The van der Waals surface area contributed by atoms with Crippen molar-refractivity contribution in [1.29, 1.82) is 0 Å². The Hall–Kier alpha value is -2.28. The summed E-state index contributed by atoms with van der Waals surface area (Å²) in [5.41, 5.74) is 1.19. The SMILES string of the molecule is O=C(c1ccoc1)N1CCC(F)(F)C(COCc2cccnc2)C1. The summed E-state index contributed by atoms with van der Waals surface area (Å²) in [6.45, 7) is 0.0906. The van der Waals surface area contributed by atoms with E-state index in [-0.39, 0.29) is 38.6 Å². The molecule has 0 saturated carbocycles. The summed E-state index contributed by atoms with van der Waals surface area (Å²) in [5.74, 6) is -4.17. The van der Waals surface area contributed by atoms with Crippen LogP contribution in [0.5, 0.6) is 0 Å². The lowest BCUT2D eigenvalue weighted by Crippen LogP contribution is -2.50. The van der Waals surface area contributed by atoms with E-state index in [1.807, 2.05) is 6.07 Å². The van der Waals surface area contributed by atoms with Gasteiger partial charge in [0.15, 0.2) is 0 Å². The zero-order chi connectivity index (χ0) is 17.0. The summed E-state index contributed by atoms with van der Waals surface area (Å²) in [7, 11) is 0. The molecule has 7 heteroatoms. The van der Waals surface area contributed by atoms with Crippen molar-refractivity contribution in [2.24, 2.45) is 5.92 Å². The fourth-order valence-corrected chi connectivity index (χ4v) is 2.71. The van der Waals surface area contributed by atoms with Gasteiger partial charge in [-0.25, -0.2) is 8.78 Å². The fourth-order valence-electron chi connectivity index (χ4n) is 2.71. The van der Waals surface area contributed by atoms with Crippen LogP contribution in [0.1, 0.15) is 22.3 Å². The molecule has 3 rings (SSSR count). The fraction of sp³-hybridized carbons (Fsp3) is 0.412. The van der Waals surface area contributed by atoms with E-state index in [4.69, 9.17) is 9.15 Å². The predicted molar refractivity (Wildman–Crippen MR) is 81.6 cm³/mol. The van der Waals surface area contributed by atoms with Crippen molar-refractivity contribution in [2.75, 3.05) is 19.7 Å². The summed E-state index contributed by atoms with van der Waals surface area (Å²) in [6, 6.07) is 5.11. The number of ether oxygens (including phenoxy) is 1. The third-order valence-electron chi connectivity index (χ3n) is 4.12. The van der Waals surface area contributed by atoms with Crippen LogP contribution in [0.25, 0.3) is 0 Å². The lowest BCUT2D eigenvalue weighted by molar-refractivity contribution is -0.124. The number of nitrogens with zero attached hydrogens (tertiary/aromatic N) is 2. The summed E-state index contributed by atoms with van der Waals surface area (Å²) in [4.78, 5) is 17.7. The normalized spacial score (nSPS) is 20.1. The number of hydrogen-bond donors (Lipinski definition) is 0. The molecular formula is C17H18F2N2O3. The molecule has 0 radical (unpaired) electrons. The number of carbonyl (C=O) groups excluding carboxylic acids is 1. The Labute approximate surface area is 138 Å². The number of carbonyl (C=O) groups is 1. The Kier molecular flexibility index (Phi) is 4.89. The average molecular weight is 336 g/mol. The summed E-state index contributed by atoms with van der Waals surface area (Å²) >= 11 is 0. The second-order valence-corrected chi connectivity index (χ2v) is 5.85. The van der Waals surface area contributed by atoms with E-state index < -0.39 is 11.8 Å². The molecule has 0 aromatic carbocycles. The Morgan fingerprint density at radius 3 is 3.04 bits per heavy atom. The Morgan fingerprint density at radius 1 is 1.46 bits per heavy atom. The van der Waals surface area contributed by atoms with Crippen molar-refractivity contribution in [3.05, 3.63) is 54.2 Å². The monoisotopic (exact) mass is 336 g/mol. The number of alkyl halides is 2. The van der Waals surface area contributed by atoms with Crippen LogP contribution in [-0.2, 0) is 11.3 Å². The number of hydrogen-bond acceptors (Lipinski definition) is 4. The molecule has 0 N–H and O–H groups in total. The number of furan rings is 1. The van der Waals surface area contributed by atoms with Crippen LogP contribution in [0.3, 0.4) is 0 Å². The highest BCUT2D eigenvalue weighted by Crippen LogP contribution is 2.34. The van der Waals surface area contributed by atoms with Gasteiger partial charge in [0.25, 0.3) is 11.8 Å². The zero-order valence-electron chi connectivity index (χ0n) is 13.0. The van der Waals surface area contributed by atoms with Gasteiger partial charge in [-0.05, 0) is 17.7 Å². The van der Waals surface area contributed by atoms with Crippen LogP contribution >= 0.6 is 0 Å². The van der Waals surface area contributed by atoms with Crippen LogP contribution < -0.4 is 0 Å². The van der Waals surface area contributed by atoms with Crippen LogP contribution in [0.4, 0.5) is 8.78 Å². The molecule has 0 bridgehead atoms. The molecule has 1 amide bonds. The Morgan fingerprint density at radius 2 is 2.33 bits per heavy atom. The third kappa shape index (κ3) is 3.79. The molecule has 128 valence electrons. The van der Waals surface area contributed by atoms with E-state index in [2.05, 4.69) is 4.98 Å². The molecule has 1 unspecified atom stereocenters. The highest BCUT2D eigenvalue weighted by atomic mass is 19.3. The number of amides is 1. The van der Waals surface area contributed by atoms with Crippen LogP contribution in [0.15, 0.2) is 47.5 Å². The van der Waals surface area contributed by atoms with E-state index >= 15 is 0 Å². The summed E-state index contributed by atoms with van der Waals surface area (Å²) in [5, 5.41) is 0. The molecule has 1 saturated heterocycles. The second kappa shape index (κ2) is 7.09. The minimum atomic E-state index is -2.85. The van der Waals surface area contributed by atoms with Crippen LogP contribution in [-0.4, -0.2) is 41.4 Å². The standard InChI is InChI=1S/C17H18F2N2O3/c18-17(19)4-6-21(16(22)14-3-7-23-11-14)9-15(17)12-24-10-13-2-1-5-20-8-13/h1-3,5,7-8,11,15H,4,6,9-10,12H2. The number of pyridine rings is 1. The van der Waals surface area contributed by atoms with Gasteiger partial charge in [-0.15, -0.1) is 0 Å². The maximum atomic E-state index is 14.1. The number of piperidine rings is 1. The van der Waals surface area contributed by atoms with Gasteiger partial charge >= 0.3 is 0 Å². The number of aromatic nitrogens is 1. The van der Waals surface area contributed by atoms with Crippen LogP contribution in [0, 0.1) is 5.92 Å². The van der Waals surface area contributed by atoms with Gasteiger partial charge < -0.3 is 14.1 Å². The molecular weight excluding hydrogens is 318 g/mol. The van der Waals surface area contributed by atoms with Crippen molar-refractivity contribution in [1.82, 2.24) is 9.88 Å². The van der Waals surface area contributed by atoms with E-state index in [1.54, 1.807) is 18.5 Å². The average Bonchev–Trinajstić information content (AvgIpc) is 3.11. The molecule has 1 aliphatic rings. The highest BCUT2D eigenvalue weighted by Gasteiger charge is 2.45. The number of likely N-dealkylation sites (tertiary alicyclic amines) is 1. The molecule has 1 fully saturated rings. The van der Waals surface area contributed by atoms with Crippen molar-refractivity contribution in [3.63, 3.8) is 0 Å². The van der Waals surface area contributed by atoms with E-state index in [0.717, 1.165) is 5.56 Å². The van der Waals surface area contributed by atoms with Gasteiger partial charge in [0.05, 0.1) is 31.0 Å². The molecule has 24 heavy (non-hydrogen) atoms. The molecule has 3 heterocycles. The van der Waals surface area contributed by atoms with Crippen molar-refractivity contribution in [2.45, 2.75) is 19.0 Å². The van der Waals surface area contributed by atoms with E-state index in [9.17, 15) is 13.6 Å². The maximum absolute atomic E-state index is 14.1. The number of rotatable bonds is 5. The van der Waals surface area contributed by atoms with Crippen molar-refractivity contribution < 1.29 is 22.7 Å². The minimum Gasteiger partial charge on any atom is -0.472 e. The van der Waals surface area contributed by atoms with Gasteiger partial charge in [-0.3, -0.25) is 9.78 Å². The largest absolute Gasteiger partial charge is 0.472 e. The first-order valence-electron chi connectivity index (χ1n) is 7.72. The van der Waals surface area contributed by atoms with Gasteiger partial charge in [-0.1, -0.05) is 6.07 Å². The Bertz CT molecular complexity index is 662. The van der Waals surface area contributed by atoms with Gasteiger partial charge in [0.2, 0.25) is 0 Å². The molecule has 2 aromatic heterocycles. The third-order valence-corrected chi connectivity index (χ3v) is 4.12. The van der Waals surface area contributed by atoms with Crippen molar-refractivity contribution >= 4 is 5.91 Å². The number of halogens is 2. The molecule has 0 aliphatic carbocycles. The van der Waals surface area contributed by atoms with Gasteiger partial charge in [-0.2, -0.15) is 0 Å². The lowest BCUT2D eigenvalue weighted by atomic mass is 9.94. The zero-order valence-corrected chi connectivity index (χ0v) is 13.0. The quantitative estimate of drug-likeness (QED) is 0.842. The predicted octanol–water partition coefficient (Wildman–Crippen LogP) is 2.99. The second-order valence-electron chi connectivity index (χ2n) is 5.85. The molecule has 0 spiro atoms. The smallest absolute Gasteiger partial charge is 0.257 e. The lowest BCUT2D eigenvalue weighted by Gasteiger charge is -2.38. The van der Waals surface area contributed by atoms with Gasteiger partial charge in [0.1, 0.15) is 6.26 Å². The summed E-state index contributed by atoms with van der Waals surface area (Å²) < 4.78 is 38.6. The first kappa shape index (κ1) is 16.6. The first-order valence-corrected chi connectivity index (χ1v) is 7.72. The summed E-state index contributed by atoms with van der Waals surface area (Å²) in [6.07, 6.45) is 5.62. The van der Waals surface area contributed by atoms with E-state index in [0.29, 0.717) is 5.56 Å². The van der Waals surface area contributed by atoms with E-state index in [1.165, 1.54) is 23.5 Å². The topological polar surface area (TPSA) is 55.6 Å².